The van der Waals surface area contributed by atoms with Crippen molar-refractivity contribution in [2.45, 2.75) is 19.0 Å². The molecule has 1 atom stereocenters. The Morgan fingerprint density at radius 3 is 2.11 bits per heavy atom. The molecule has 0 spiro atoms. The highest BCUT2D eigenvalue weighted by Gasteiger charge is 2.23. The number of benzene rings is 5. The number of halogens is 1. The van der Waals surface area contributed by atoms with Gasteiger partial charge in [-0.3, -0.25) is 4.79 Å². The van der Waals surface area contributed by atoms with Crippen LogP contribution in [-0.2, 0) is 22.5 Å². The van der Waals surface area contributed by atoms with E-state index in [-0.39, 0.29) is 11.6 Å². The van der Waals surface area contributed by atoms with Crippen LogP contribution in [0.15, 0.2) is 133 Å². The summed E-state index contributed by atoms with van der Waals surface area (Å²) in [6, 6.07) is 39.6. The SMILES string of the molecule is COC(=O)[C@H](Cc1ccc(OCCN(Cc2ccccc2)c2ccccc2F)cc1)Nc1ccccc1C(=O)c1ccccc1. The fourth-order valence-electron chi connectivity index (χ4n) is 5.10. The molecule has 7 heteroatoms. The third-order valence-corrected chi connectivity index (χ3v) is 7.43. The number of rotatable bonds is 14. The molecule has 0 aliphatic carbocycles. The summed E-state index contributed by atoms with van der Waals surface area (Å²) < 4.78 is 25.8. The standard InChI is InChI=1S/C38H35FN2O4/c1-44-38(43)35(40-34-18-10-8-16-32(34)37(42)30-14-6-3-7-15-30)26-28-20-22-31(23-21-28)45-25-24-41(27-29-12-4-2-5-13-29)36-19-11-9-17-33(36)39/h2-23,35,40H,24-27H2,1H3/t35-/m0/s1. The number of hydrogen-bond donors (Lipinski definition) is 1. The van der Waals surface area contributed by atoms with Crippen LogP contribution in [0.4, 0.5) is 15.8 Å². The van der Waals surface area contributed by atoms with Crippen molar-refractivity contribution < 1.29 is 23.5 Å². The van der Waals surface area contributed by atoms with Gasteiger partial charge in [0.25, 0.3) is 0 Å². The molecule has 5 aromatic carbocycles. The van der Waals surface area contributed by atoms with Crippen molar-refractivity contribution in [2.24, 2.45) is 0 Å². The number of ketones is 1. The number of carbonyl (C=O) groups is 2. The van der Waals surface area contributed by atoms with Gasteiger partial charge in [0.2, 0.25) is 0 Å². The Kier molecular flexibility index (Phi) is 10.6. The first kappa shape index (κ1) is 31.0. The predicted octanol–water partition coefficient (Wildman–Crippen LogP) is 7.34. The van der Waals surface area contributed by atoms with Gasteiger partial charge in [0, 0.05) is 29.8 Å². The molecule has 0 aliphatic heterocycles. The van der Waals surface area contributed by atoms with Gasteiger partial charge in [-0.05, 0) is 47.5 Å². The van der Waals surface area contributed by atoms with Gasteiger partial charge < -0.3 is 19.7 Å². The Morgan fingerprint density at radius 2 is 1.40 bits per heavy atom. The largest absolute Gasteiger partial charge is 0.492 e. The molecule has 0 bridgehead atoms. The third kappa shape index (κ3) is 8.36. The van der Waals surface area contributed by atoms with Gasteiger partial charge in [0.1, 0.15) is 24.2 Å². The fourth-order valence-corrected chi connectivity index (χ4v) is 5.10. The monoisotopic (exact) mass is 602 g/mol. The Morgan fingerprint density at radius 1 is 0.756 bits per heavy atom. The molecule has 0 heterocycles. The minimum Gasteiger partial charge on any atom is -0.492 e. The van der Waals surface area contributed by atoms with E-state index in [0.717, 1.165) is 11.1 Å². The lowest BCUT2D eigenvalue weighted by Gasteiger charge is -2.25. The number of nitrogens with one attached hydrogen (secondary N) is 1. The zero-order valence-corrected chi connectivity index (χ0v) is 25.1. The number of anilines is 2. The molecule has 0 aliphatic rings. The van der Waals surface area contributed by atoms with Gasteiger partial charge in [-0.15, -0.1) is 0 Å². The van der Waals surface area contributed by atoms with E-state index in [4.69, 9.17) is 9.47 Å². The number of esters is 1. The van der Waals surface area contributed by atoms with Crippen molar-refractivity contribution in [1.29, 1.82) is 0 Å². The first-order valence-corrected chi connectivity index (χ1v) is 14.8. The average Bonchev–Trinajstić information content (AvgIpc) is 3.09. The second-order valence-corrected chi connectivity index (χ2v) is 10.5. The number of para-hydroxylation sites is 2. The zero-order chi connectivity index (χ0) is 31.4. The van der Waals surface area contributed by atoms with E-state index in [1.807, 2.05) is 89.8 Å². The Labute approximate surface area is 263 Å². The maximum Gasteiger partial charge on any atom is 0.328 e. The van der Waals surface area contributed by atoms with E-state index in [9.17, 15) is 14.0 Å². The van der Waals surface area contributed by atoms with Crippen molar-refractivity contribution in [3.8, 4) is 5.75 Å². The topological polar surface area (TPSA) is 67.9 Å². The van der Waals surface area contributed by atoms with Crippen LogP contribution >= 0.6 is 0 Å². The minimum atomic E-state index is -0.723. The molecule has 45 heavy (non-hydrogen) atoms. The number of ether oxygens (including phenoxy) is 2. The number of hydrogen-bond acceptors (Lipinski definition) is 6. The van der Waals surface area contributed by atoms with Crippen molar-refractivity contribution in [3.05, 3.63) is 162 Å². The highest BCUT2D eigenvalue weighted by Crippen LogP contribution is 2.23. The molecule has 5 rings (SSSR count). The molecule has 0 radical (unpaired) electrons. The molecule has 5 aromatic rings. The van der Waals surface area contributed by atoms with Gasteiger partial charge in [-0.25, -0.2) is 9.18 Å². The smallest absolute Gasteiger partial charge is 0.328 e. The average molecular weight is 603 g/mol. The molecular formula is C38H35FN2O4. The molecule has 0 unspecified atom stereocenters. The summed E-state index contributed by atoms with van der Waals surface area (Å²) in [7, 11) is 1.34. The first-order chi connectivity index (χ1) is 22.0. The molecule has 1 N–H and O–H groups in total. The molecule has 228 valence electrons. The summed E-state index contributed by atoms with van der Waals surface area (Å²) in [5.41, 5.74) is 4.07. The zero-order valence-electron chi connectivity index (χ0n) is 25.1. The van der Waals surface area contributed by atoms with Crippen LogP contribution in [0.5, 0.6) is 5.75 Å². The summed E-state index contributed by atoms with van der Waals surface area (Å²) in [4.78, 5) is 28.0. The van der Waals surface area contributed by atoms with Crippen LogP contribution in [0.2, 0.25) is 0 Å². The van der Waals surface area contributed by atoms with Gasteiger partial charge in [0.15, 0.2) is 5.78 Å². The number of nitrogens with zero attached hydrogens (tertiary/aromatic N) is 1. The number of methoxy groups -OCH3 is 1. The van der Waals surface area contributed by atoms with Gasteiger partial charge in [-0.1, -0.05) is 97.1 Å². The van der Waals surface area contributed by atoms with Gasteiger partial charge in [0.05, 0.1) is 19.3 Å². The molecule has 0 aromatic heterocycles. The second kappa shape index (κ2) is 15.3. The summed E-state index contributed by atoms with van der Waals surface area (Å²) in [5.74, 6) is -0.197. The lowest BCUT2D eigenvalue weighted by Crippen LogP contribution is -2.33. The van der Waals surface area contributed by atoms with E-state index in [1.165, 1.54) is 13.2 Å². The first-order valence-electron chi connectivity index (χ1n) is 14.8. The van der Waals surface area contributed by atoms with E-state index in [1.54, 1.807) is 42.5 Å². The number of carbonyl (C=O) groups excluding carboxylic acids is 2. The normalized spacial score (nSPS) is 11.3. The van der Waals surface area contributed by atoms with E-state index in [2.05, 4.69) is 5.32 Å². The van der Waals surface area contributed by atoms with E-state index in [0.29, 0.717) is 54.4 Å². The van der Waals surface area contributed by atoms with Crippen molar-refractivity contribution in [1.82, 2.24) is 0 Å². The molecule has 0 saturated carbocycles. The highest BCUT2D eigenvalue weighted by molar-refractivity contribution is 6.12. The quantitative estimate of drug-likeness (QED) is 0.106. The molecule has 0 fully saturated rings. The Balaban J connectivity index is 1.23. The summed E-state index contributed by atoms with van der Waals surface area (Å²) in [5, 5.41) is 3.24. The van der Waals surface area contributed by atoms with Crippen molar-refractivity contribution >= 4 is 23.1 Å². The summed E-state index contributed by atoms with van der Waals surface area (Å²) in [6.45, 7) is 1.37. The van der Waals surface area contributed by atoms with E-state index < -0.39 is 12.0 Å². The lowest BCUT2D eigenvalue weighted by atomic mass is 10.00. The highest BCUT2D eigenvalue weighted by atomic mass is 19.1. The third-order valence-electron chi connectivity index (χ3n) is 7.43. The fraction of sp³-hybridized carbons (Fsp3) is 0.158. The molecule has 0 saturated heterocycles. The van der Waals surface area contributed by atoms with Crippen LogP contribution in [0.25, 0.3) is 0 Å². The second-order valence-electron chi connectivity index (χ2n) is 10.5. The minimum absolute atomic E-state index is 0.138. The van der Waals surface area contributed by atoms with Crippen molar-refractivity contribution in [2.75, 3.05) is 30.5 Å². The van der Waals surface area contributed by atoms with Gasteiger partial charge >= 0.3 is 5.97 Å². The van der Waals surface area contributed by atoms with Crippen LogP contribution in [0, 0.1) is 5.82 Å². The van der Waals surface area contributed by atoms with Crippen LogP contribution in [-0.4, -0.2) is 38.1 Å². The molecule has 6 nitrogen and oxygen atoms in total. The Bertz CT molecular complexity index is 1690. The van der Waals surface area contributed by atoms with Crippen LogP contribution < -0.4 is 15.0 Å². The van der Waals surface area contributed by atoms with E-state index >= 15 is 0 Å². The summed E-state index contributed by atoms with van der Waals surface area (Å²) in [6.07, 6.45) is 0.332. The van der Waals surface area contributed by atoms with Crippen LogP contribution in [0.3, 0.4) is 0 Å². The maximum atomic E-state index is 14.7. The molecule has 0 amide bonds. The summed E-state index contributed by atoms with van der Waals surface area (Å²) >= 11 is 0. The van der Waals surface area contributed by atoms with Crippen molar-refractivity contribution in [3.63, 3.8) is 0 Å². The Hall–Kier alpha value is -5.43. The predicted molar refractivity (Wildman–Crippen MR) is 175 cm³/mol. The van der Waals surface area contributed by atoms with Gasteiger partial charge in [-0.2, -0.15) is 0 Å². The van der Waals surface area contributed by atoms with Crippen LogP contribution in [0.1, 0.15) is 27.0 Å². The molecular weight excluding hydrogens is 567 g/mol. The lowest BCUT2D eigenvalue weighted by molar-refractivity contribution is -0.141. The maximum absolute atomic E-state index is 14.7.